The quantitative estimate of drug-likeness (QED) is 0.765. The first-order valence-electron chi connectivity index (χ1n) is 6.14. The van der Waals surface area contributed by atoms with Crippen molar-refractivity contribution in [2.24, 2.45) is 0 Å². The molecule has 5 heteroatoms. The number of nitrogens with zero attached hydrogens (tertiary/aromatic N) is 2. The van der Waals surface area contributed by atoms with Crippen molar-refractivity contribution in [3.8, 4) is 6.07 Å². The molecule has 0 spiro atoms. The van der Waals surface area contributed by atoms with Gasteiger partial charge in [0.15, 0.2) is 0 Å². The zero-order valence-electron chi connectivity index (χ0n) is 10.4. The summed E-state index contributed by atoms with van der Waals surface area (Å²) in [6, 6.07) is 6.14. The Hall–Kier alpha value is -2.22. The topological polar surface area (TPSA) is 61.2 Å². The molecule has 0 bridgehead atoms. The number of hydrogen-bond acceptors (Lipinski definition) is 3. The molecular weight excluding hydrogens is 247 g/mol. The number of halogens is 1. The van der Waals surface area contributed by atoms with Crippen molar-refractivity contribution < 1.29 is 14.0 Å². The number of carbonyl (C=O) groups excluding carboxylic acids is 2. The van der Waals surface area contributed by atoms with Crippen LogP contribution in [0.25, 0.3) is 0 Å². The third kappa shape index (κ3) is 2.79. The highest BCUT2D eigenvalue weighted by Crippen LogP contribution is 2.19. The fraction of sp³-hybridized carbons (Fsp3) is 0.357. The highest BCUT2D eigenvalue weighted by molar-refractivity contribution is 5.95. The molecule has 0 aliphatic carbocycles. The molecule has 0 N–H and O–H groups in total. The van der Waals surface area contributed by atoms with Crippen LogP contribution < -0.4 is 0 Å². The molecule has 19 heavy (non-hydrogen) atoms. The molecule has 0 atom stereocenters. The van der Waals surface area contributed by atoms with E-state index in [0.717, 1.165) is 4.90 Å². The Morgan fingerprint density at radius 2 is 1.84 bits per heavy atom. The standard InChI is InChI=1S/C14H13FN2O2/c15-14-10(8-16)4-3-5-11(14)9-17-12(18)6-1-2-7-13(17)19/h3-5H,1-2,6-7,9H2. The molecule has 2 amide bonds. The first-order chi connectivity index (χ1) is 9.13. The highest BCUT2D eigenvalue weighted by Gasteiger charge is 2.25. The van der Waals surface area contributed by atoms with E-state index < -0.39 is 5.82 Å². The van der Waals surface area contributed by atoms with Gasteiger partial charge in [0, 0.05) is 18.4 Å². The van der Waals surface area contributed by atoms with Crippen LogP contribution in [0.15, 0.2) is 18.2 Å². The summed E-state index contributed by atoms with van der Waals surface area (Å²) in [5.41, 5.74) is 0.120. The average Bonchev–Trinajstić information content (AvgIpc) is 2.56. The second-order valence-electron chi connectivity index (χ2n) is 4.47. The third-order valence-electron chi connectivity index (χ3n) is 3.16. The smallest absolute Gasteiger partial charge is 0.229 e. The minimum atomic E-state index is -0.658. The summed E-state index contributed by atoms with van der Waals surface area (Å²) in [6.45, 7) is -0.0982. The second kappa shape index (κ2) is 5.61. The minimum absolute atomic E-state index is 0.0766. The van der Waals surface area contributed by atoms with Crippen molar-refractivity contribution in [2.75, 3.05) is 0 Å². The molecule has 1 heterocycles. The van der Waals surface area contributed by atoms with Gasteiger partial charge in [-0.25, -0.2) is 4.39 Å². The lowest BCUT2D eigenvalue weighted by molar-refractivity contribution is -0.144. The molecule has 4 nitrogen and oxygen atoms in total. The highest BCUT2D eigenvalue weighted by atomic mass is 19.1. The van der Waals surface area contributed by atoms with Gasteiger partial charge in [0.05, 0.1) is 12.1 Å². The Morgan fingerprint density at radius 3 is 2.42 bits per heavy atom. The van der Waals surface area contributed by atoms with E-state index in [-0.39, 0.29) is 29.5 Å². The van der Waals surface area contributed by atoms with Crippen LogP contribution >= 0.6 is 0 Å². The van der Waals surface area contributed by atoms with Crippen LogP contribution in [-0.2, 0) is 16.1 Å². The maximum atomic E-state index is 13.9. The van der Waals surface area contributed by atoms with E-state index in [9.17, 15) is 14.0 Å². The van der Waals surface area contributed by atoms with E-state index in [4.69, 9.17) is 5.26 Å². The predicted molar refractivity (Wildman–Crippen MR) is 65.1 cm³/mol. The van der Waals surface area contributed by atoms with Crippen molar-refractivity contribution in [3.05, 3.63) is 35.1 Å². The van der Waals surface area contributed by atoms with Gasteiger partial charge in [-0.1, -0.05) is 12.1 Å². The number of benzene rings is 1. The minimum Gasteiger partial charge on any atom is -0.278 e. The van der Waals surface area contributed by atoms with Gasteiger partial charge in [0.2, 0.25) is 11.8 Å². The molecule has 98 valence electrons. The van der Waals surface area contributed by atoms with Crippen LogP contribution in [0.5, 0.6) is 0 Å². The lowest BCUT2D eigenvalue weighted by Crippen LogP contribution is -2.34. The van der Waals surface area contributed by atoms with Gasteiger partial charge in [0.1, 0.15) is 11.9 Å². The number of carbonyl (C=O) groups is 2. The number of rotatable bonds is 2. The summed E-state index contributed by atoms with van der Waals surface area (Å²) in [4.78, 5) is 24.7. The fourth-order valence-corrected chi connectivity index (χ4v) is 2.10. The largest absolute Gasteiger partial charge is 0.278 e. The van der Waals surface area contributed by atoms with E-state index >= 15 is 0 Å². The molecule has 1 aliphatic rings. The van der Waals surface area contributed by atoms with E-state index in [0.29, 0.717) is 25.7 Å². The Morgan fingerprint density at radius 1 is 1.21 bits per heavy atom. The van der Waals surface area contributed by atoms with Gasteiger partial charge < -0.3 is 0 Å². The fourth-order valence-electron chi connectivity index (χ4n) is 2.10. The van der Waals surface area contributed by atoms with Crippen LogP contribution in [0.1, 0.15) is 36.8 Å². The summed E-state index contributed by atoms with van der Waals surface area (Å²) < 4.78 is 13.9. The number of nitriles is 1. The summed E-state index contributed by atoms with van der Waals surface area (Å²) >= 11 is 0. The molecular formula is C14H13FN2O2. The molecule has 0 radical (unpaired) electrons. The van der Waals surface area contributed by atoms with E-state index in [1.807, 2.05) is 0 Å². The van der Waals surface area contributed by atoms with E-state index in [2.05, 4.69) is 0 Å². The molecule has 1 aromatic rings. The van der Waals surface area contributed by atoms with Gasteiger partial charge in [-0.2, -0.15) is 5.26 Å². The van der Waals surface area contributed by atoms with Crippen molar-refractivity contribution in [1.29, 1.82) is 5.26 Å². The summed E-state index contributed by atoms with van der Waals surface area (Å²) in [5.74, 6) is -1.21. The zero-order valence-corrected chi connectivity index (χ0v) is 10.4. The summed E-state index contributed by atoms with van der Waals surface area (Å²) in [5, 5.41) is 8.76. The first-order valence-corrected chi connectivity index (χ1v) is 6.14. The maximum Gasteiger partial charge on any atom is 0.229 e. The van der Waals surface area contributed by atoms with Gasteiger partial charge in [-0.05, 0) is 18.9 Å². The van der Waals surface area contributed by atoms with Gasteiger partial charge >= 0.3 is 0 Å². The van der Waals surface area contributed by atoms with E-state index in [1.54, 1.807) is 12.1 Å². The van der Waals surface area contributed by atoms with Crippen molar-refractivity contribution in [2.45, 2.75) is 32.2 Å². The zero-order chi connectivity index (χ0) is 13.8. The van der Waals surface area contributed by atoms with Gasteiger partial charge in [0.25, 0.3) is 0 Å². The van der Waals surface area contributed by atoms with Gasteiger partial charge in [-0.15, -0.1) is 0 Å². The second-order valence-corrected chi connectivity index (χ2v) is 4.47. The Bertz CT molecular complexity index is 545. The predicted octanol–water partition coefficient (Wildman–Crippen LogP) is 2.13. The lowest BCUT2D eigenvalue weighted by atomic mass is 10.1. The average molecular weight is 260 g/mol. The van der Waals surface area contributed by atoms with Crippen molar-refractivity contribution in [3.63, 3.8) is 0 Å². The first kappa shape index (κ1) is 13.2. The van der Waals surface area contributed by atoms with Crippen LogP contribution in [0.3, 0.4) is 0 Å². The molecule has 0 saturated carbocycles. The molecule has 1 fully saturated rings. The van der Waals surface area contributed by atoms with Crippen molar-refractivity contribution in [1.82, 2.24) is 4.90 Å². The SMILES string of the molecule is N#Cc1cccc(CN2C(=O)CCCCC2=O)c1F. The van der Waals surface area contributed by atoms with Crippen LogP contribution in [0, 0.1) is 17.1 Å². The molecule has 1 saturated heterocycles. The number of likely N-dealkylation sites (tertiary alicyclic amines) is 1. The number of imide groups is 1. The van der Waals surface area contributed by atoms with Gasteiger partial charge in [-0.3, -0.25) is 14.5 Å². The number of amides is 2. The molecule has 2 rings (SSSR count). The van der Waals surface area contributed by atoms with E-state index in [1.165, 1.54) is 12.1 Å². The van der Waals surface area contributed by atoms with Crippen molar-refractivity contribution >= 4 is 11.8 Å². The Kier molecular flexibility index (Phi) is 3.91. The summed E-state index contributed by atoms with van der Waals surface area (Å²) in [7, 11) is 0. The summed E-state index contributed by atoms with van der Waals surface area (Å²) in [6.07, 6.45) is 1.99. The molecule has 0 unspecified atom stereocenters. The maximum absolute atomic E-state index is 13.9. The van der Waals surface area contributed by atoms with Crippen LogP contribution in [0.4, 0.5) is 4.39 Å². The molecule has 1 aliphatic heterocycles. The monoisotopic (exact) mass is 260 g/mol. The normalized spacial score (nSPS) is 16.1. The van der Waals surface area contributed by atoms with Crippen LogP contribution in [0.2, 0.25) is 0 Å². The van der Waals surface area contributed by atoms with Crippen LogP contribution in [-0.4, -0.2) is 16.7 Å². The number of hydrogen-bond donors (Lipinski definition) is 0. The molecule has 0 aromatic heterocycles. The third-order valence-corrected chi connectivity index (χ3v) is 3.16. The Labute approximate surface area is 110 Å². The lowest BCUT2D eigenvalue weighted by Gasteiger charge is -2.19. The molecule has 1 aromatic carbocycles. The Balaban J connectivity index is 2.27.